The van der Waals surface area contributed by atoms with Gasteiger partial charge in [0, 0.05) is 98.3 Å². The van der Waals surface area contributed by atoms with Crippen LogP contribution in [0.5, 0.6) is 0 Å². The van der Waals surface area contributed by atoms with Gasteiger partial charge >= 0.3 is 0 Å². The number of furan rings is 2. The fraction of sp³-hybridized carbons (Fsp3) is 0.0110. The molecule has 0 bridgehead atoms. The Bertz CT molecular complexity index is 6760. The minimum atomic E-state index is 0.841. The van der Waals surface area contributed by atoms with E-state index in [2.05, 4.69) is 347 Å². The zero-order valence-electron chi connectivity index (χ0n) is 52.7. The highest BCUT2D eigenvalue weighted by molar-refractivity contribution is 6.38. The summed E-state index contributed by atoms with van der Waals surface area (Å²) in [6, 6.07) is 117. The molecule has 15 aromatic carbocycles. The number of benzene rings is 15. The minimum Gasteiger partial charge on any atom is -0.454 e. The maximum atomic E-state index is 7.00. The van der Waals surface area contributed by atoms with Crippen LogP contribution in [0.15, 0.2) is 330 Å². The Morgan fingerprint density at radius 1 is 0.268 bits per heavy atom. The molecule has 6 heterocycles. The summed E-state index contributed by atoms with van der Waals surface area (Å²) in [5.41, 5.74) is 27.0. The Hall–Kier alpha value is -12.9. The highest BCUT2D eigenvalue weighted by Crippen LogP contribution is 2.56. The van der Waals surface area contributed by atoms with E-state index in [1.807, 2.05) is 0 Å². The smallest absolute Gasteiger partial charge is 0.159 e. The lowest BCUT2D eigenvalue weighted by Gasteiger charge is -2.29. The van der Waals surface area contributed by atoms with Gasteiger partial charge in [0.25, 0.3) is 0 Å². The zero-order chi connectivity index (χ0) is 63.6. The lowest BCUT2D eigenvalue weighted by Crippen LogP contribution is -2.13. The summed E-state index contributed by atoms with van der Waals surface area (Å²) in [6.07, 6.45) is 0. The minimum absolute atomic E-state index is 0.841. The Balaban J connectivity index is 0.855. The highest BCUT2D eigenvalue weighted by atomic mass is 16.3. The van der Waals surface area contributed by atoms with E-state index in [9.17, 15) is 0 Å². The van der Waals surface area contributed by atoms with Crippen molar-refractivity contribution in [2.45, 2.75) is 6.92 Å². The Morgan fingerprint density at radius 3 is 1.20 bits per heavy atom. The van der Waals surface area contributed by atoms with Crippen LogP contribution in [0.3, 0.4) is 0 Å². The van der Waals surface area contributed by atoms with Crippen molar-refractivity contribution in [1.29, 1.82) is 0 Å². The molecule has 0 N–H and O–H groups in total. The molecule has 0 spiro atoms. The first-order chi connectivity index (χ1) is 48.1. The van der Waals surface area contributed by atoms with Gasteiger partial charge in [0.15, 0.2) is 11.2 Å². The van der Waals surface area contributed by atoms with E-state index in [0.717, 1.165) is 128 Å². The predicted octanol–water partition coefficient (Wildman–Crippen LogP) is 25.7. The van der Waals surface area contributed by atoms with Gasteiger partial charge < -0.3 is 27.4 Å². The molecule has 0 aliphatic heterocycles. The maximum Gasteiger partial charge on any atom is 0.159 e. The van der Waals surface area contributed by atoms with Crippen LogP contribution in [0.1, 0.15) is 5.56 Å². The molecule has 0 aliphatic rings. The van der Waals surface area contributed by atoms with Gasteiger partial charge in [-0.1, -0.05) is 255 Å². The predicted molar refractivity (Wildman–Crippen MR) is 406 cm³/mol. The zero-order valence-corrected chi connectivity index (χ0v) is 52.7. The lowest BCUT2D eigenvalue weighted by molar-refractivity contribution is 0.668. The molecule has 21 rings (SSSR count). The van der Waals surface area contributed by atoms with E-state index in [1.165, 1.54) is 76.3 Å². The van der Waals surface area contributed by atoms with Gasteiger partial charge in [-0.3, -0.25) is 0 Å². The number of nitrogens with zero attached hydrogens (tertiary/aromatic N) is 4. The number of aryl methyl sites for hydroxylation is 1. The van der Waals surface area contributed by atoms with Crippen LogP contribution in [0.4, 0.5) is 34.1 Å². The number of anilines is 6. The van der Waals surface area contributed by atoms with Gasteiger partial charge in [-0.05, 0) is 101 Å². The van der Waals surface area contributed by atoms with Crippen molar-refractivity contribution in [3.05, 3.63) is 327 Å². The monoisotopic (exact) mass is 1240 g/mol. The van der Waals surface area contributed by atoms with Crippen molar-refractivity contribution in [1.82, 2.24) is 8.80 Å². The van der Waals surface area contributed by atoms with Crippen LogP contribution in [0.2, 0.25) is 0 Å². The second kappa shape index (κ2) is 20.5. The van der Waals surface area contributed by atoms with E-state index in [0.29, 0.717) is 0 Å². The van der Waals surface area contributed by atoms with Gasteiger partial charge in [-0.2, -0.15) is 0 Å². The topological polar surface area (TPSA) is 41.6 Å². The van der Waals surface area contributed by atoms with Crippen LogP contribution < -0.4 is 9.80 Å². The van der Waals surface area contributed by atoms with E-state index in [4.69, 9.17) is 8.83 Å². The summed E-state index contributed by atoms with van der Waals surface area (Å²) in [7, 11) is 0. The van der Waals surface area contributed by atoms with Crippen molar-refractivity contribution >= 4 is 154 Å². The summed E-state index contributed by atoms with van der Waals surface area (Å²) in [4.78, 5) is 4.87. The van der Waals surface area contributed by atoms with E-state index < -0.39 is 0 Å². The molecule has 452 valence electrons. The first-order valence-corrected chi connectivity index (χ1v) is 33.3. The number of hydrogen-bond donors (Lipinski definition) is 0. The van der Waals surface area contributed by atoms with Crippen molar-refractivity contribution < 1.29 is 8.83 Å². The molecule has 0 saturated heterocycles. The van der Waals surface area contributed by atoms with Gasteiger partial charge in [0.1, 0.15) is 11.2 Å². The Morgan fingerprint density at radius 2 is 0.660 bits per heavy atom. The molecule has 0 saturated carbocycles. The highest BCUT2D eigenvalue weighted by Gasteiger charge is 2.33. The largest absolute Gasteiger partial charge is 0.454 e. The fourth-order valence-corrected chi connectivity index (χ4v) is 16.6. The van der Waals surface area contributed by atoms with Crippen molar-refractivity contribution in [2.24, 2.45) is 0 Å². The molecule has 0 atom stereocenters. The summed E-state index contributed by atoms with van der Waals surface area (Å²) in [5.74, 6) is 0. The number of aromatic nitrogens is 2. The quantitative estimate of drug-likeness (QED) is 0.137. The van der Waals surface area contributed by atoms with Gasteiger partial charge in [-0.15, -0.1) is 0 Å². The second-order valence-electron chi connectivity index (χ2n) is 25.8. The van der Waals surface area contributed by atoms with Gasteiger partial charge in [0.05, 0.1) is 55.8 Å². The van der Waals surface area contributed by atoms with Crippen molar-refractivity contribution in [3.8, 4) is 44.5 Å². The lowest BCUT2D eigenvalue weighted by atomic mass is 9.89. The van der Waals surface area contributed by atoms with Gasteiger partial charge in [-0.25, -0.2) is 0 Å². The number of rotatable bonds is 10. The second-order valence-corrected chi connectivity index (χ2v) is 25.8. The summed E-state index contributed by atoms with van der Waals surface area (Å²) >= 11 is 0. The van der Waals surface area contributed by atoms with Gasteiger partial charge in [0.2, 0.25) is 0 Å². The molecule has 97 heavy (non-hydrogen) atoms. The SMILES string of the molecule is Cc1ccc2c(oc3ccccc32)c1N(c1ccc2c(c1)c1cccc3c4c(-c5ccccc5)c5c(c(-c6ccccc6)c4n2c13)c1cccc2c3cc(N(c4ccccc4-c4ccccc4)c4cccc6c4oc4ccccc46)ccc3n5c21)c1ccccc1-c1ccccc1. The van der Waals surface area contributed by atoms with E-state index in [-0.39, 0.29) is 0 Å². The van der Waals surface area contributed by atoms with Crippen LogP contribution in [-0.2, 0) is 0 Å². The maximum absolute atomic E-state index is 7.00. The molecular formula is C91H56N4O2. The standard InChI is InChI=1S/C91H56N4O2/c1-55-47-50-69-65-36-17-21-46-80(65)97-91(69)85(55)93(75-43-19-15-34-63(75)57-27-8-3-9-28-57)61-49-52-77-73(54-61)67-38-23-41-71-84-81(58-29-10-4-11-30-58)88-83(82(59-31-12-5-13-32-59)89(84)95(77)87(67)71)70-40-22-37-66-72-53-60(48-51-76(72)94(88)86(66)70)92(74-42-18-14-33-62(74)56-25-6-2-7-26-56)78-44-24-39-68-64-35-16-20-45-79(64)96-90(68)78/h2-54H,1H3. The number of fused-ring (bicyclic) bond motifs is 18. The molecule has 6 nitrogen and oxygen atoms in total. The third kappa shape index (κ3) is 7.60. The molecule has 0 radical (unpaired) electrons. The Kier molecular flexibility index (Phi) is 11.4. The molecule has 6 heteroatoms. The first-order valence-electron chi connectivity index (χ1n) is 33.3. The van der Waals surface area contributed by atoms with Crippen molar-refractivity contribution in [3.63, 3.8) is 0 Å². The first kappa shape index (κ1) is 53.6. The number of para-hydroxylation sites is 7. The third-order valence-corrected chi connectivity index (χ3v) is 20.6. The van der Waals surface area contributed by atoms with Crippen LogP contribution >= 0.6 is 0 Å². The van der Waals surface area contributed by atoms with E-state index >= 15 is 0 Å². The average molecular weight is 1240 g/mol. The molecule has 21 aromatic rings. The summed E-state index contributed by atoms with van der Waals surface area (Å²) < 4.78 is 19.1. The fourth-order valence-electron chi connectivity index (χ4n) is 16.6. The van der Waals surface area contributed by atoms with Crippen LogP contribution in [0, 0.1) is 6.92 Å². The van der Waals surface area contributed by atoms with E-state index in [1.54, 1.807) is 0 Å². The third-order valence-electron chi connectivity index (χ3n) is 20.6. The number of hydrogen-bond acceptors (Lipinski definition) is 4. The van der Waals surface area contributed by atoms with Crippen LogP contribution in [-0.4, -0.2) is 8.80 Å². The molecule has 0 fully saturated rings. The average Bonchev–Trinajstić information content (AvgIpc) is 1.50. The summed E-state index contributed by atoms with van der Waals surface area (Å²) in [6.45, 7) is 2.21. The Labute approximate surface area is 556 Å². The normalized spacial score (nSPS) is 12.2. The van der Waals surface area contributed by atoms with Crippen LogP contribution in [0.25, 0.3) is 165 Å². The molecule has 0 amide bonds. The molecule has 6 aromatic heterocycles. The van der Waals surface area contributed by atoms with Crippen molar-refractivity contribution in [2.75, 3.05) is 9.80 Å². The molecule has 0 unspecified atom stereocenters. The molecule has 0 aliphatic carbocycles. The molecular weight excluding hydrogens is 1180 g/mol. The summed E-state index contributed by atoms with van der Waals surface area (Å²) in [5, 5.41) is 13.9.